The van der Waals surface area contributed by atoms with E-state index in [0.717, 1.165) is 12.5 Å². The summed E-state index contributed by atoms with van der Waals surface area (Å²) in [5.41, 5.74) is 0.296. The Morgan fingerprint density at radius 3 is 2.35 bits per heavy atom. The average Bonchev–Trinajstić information content (AvgIpc) is 2.28. The van der Waals surface area contributed by atoms with Crippen LogP contribution in [0, 0.1) is 5.92 Å². The maximum absolute atomic E-state index is 6.13. The van der Waals surface area contributed by atoms with E-state index in [9.17, 15) is 0 Å². The monoisotopic (exact) mass is 282 g/mol. The summed E-state index contributed by atoms with van der Waals surface area (Å²) in [6, 6.07) is 0. The molecule has 0 spiro atoms. The van der Waals surface area contributed by atoms with Crippen LogP contribution in [-0.2, 0) is 4.74 Å². The summed E-state index contributed by atoms with van der Waals surface area (Å²) in [6.07, 6.45) is 5.66. The molecule has 118 valence electrons. The van der Waals surface area contributed by atoms with E-state index in [1.165, 1.54) is 45.3 Å². The molecule has 2 fully saturated rings. The smallest absolute Gasteiger partial charge is 0.0602 e. The summed E-state index contributed by atoms with van der Waals surface area (Å²) in [5.74, 6) is 0.878. The zero-order valence-electron chi connectivity index (χ0n) is 14.2. The molecule has 0 bridgehead atoms. The first-order chi connectivity index (χ1) is 9.23. The van der Waals surface area contributed by atoms with Crippen LogP contribution < -0.4 is 5.32 Å². The van der Waals surface area contributed by atoms with Crippen molar-refractivity contribution in [2.75, 3.05) is 26.2 Å². The molecule has 20 heavy (non-hydrogen) atoms. The molecule has 0 atom stereocenters. The van der Waals surface area contributed by atoms with Gasteiger partial charge in [-0.25, -0.2) is 0 Å². The lowest BCUT2D eigenvalue weighted by atomic mass is 9.86. The largest absolute Gasteiger partial charge is 0.373 e. The molecule has 0 aromatic carbocycles. The average molecular weight is 282 g/mol. The Labute approximate surface area is 125 Å². The summed E-state index contributed by atoms with van der Waals surface area (Å²) in [7, 11) is 0. The molecule has 1 aliphatic carbocycles. The molecule has 3 nitrogen and oxygen atoms in total. The van der Waals surface area contributed by atoms with Crippen LogP contribution in [0.4, 0.5) is 0 Å². The molecule has 0 radical (unpaired) electrons. The highest BCUT2D eigenvalue weighted by Gasteiger charge is 2.30. The van der Waals surface area contributed by atoms with Crippen LogP contribution in [0.25, 0.3) is 0 Å². The minimum absolute atomic E-state index is 0.0140. The Kier molecular flexibility index (Phi) is 5.14. The van der Waals surface area contributed by atoms with Crippen molar-refractivity contribution in [3.63, 3.8) is 0 Å². The number of nitrogens with zero attached hydrogens (tertiary/aromatic N) is 1. The Hall–Kier alpha value is -0.120. The van der Waals surface area contributed by atoms with Crippen molar-refractivity contribution in [1.29, 1.82) is 0 Å². The first kappa shape index (κ1) is 16.3. The van der Waals surface area contributed by atoms with Gasteiger partial charge < -0.3 is 10.1 Å². The van der Waals surface area contributed by atoms with E-state index in [1.54, 1.807) is 0 Å². The second-order valence-electron chi connectivity index (χ2n) is 8.42. The summed E-state index contributed by atoms with van der Waals surface area (Å²) in [5, 5.41) is 3.60. The molecule has 0 aromatic heterocycles. The zero-order valence-corrected chi connectivity index (χ0v) is 14.2. The number of rotatable bonds is 3. The topological polar surface area (TPSA) is 24.5 Å². The lowest BCUT2D eigenvalue weighted by Crippen LogP contribution is -2.57. The molecule has 1 aliphatic heterocycles. The third-order valence-electron chi connectivity index (χ3n) is 4.48. The molecule has 0 amide bonds. The van der Waals surface area contributed by atoms with E-state index in [0.29, 0.717) is 6.10 Å². The van der Waals surface area contributed by atoms with E-state index >= 15 is 0 Å². The van der Waals surface area contributed by atoms with E-state index in [4.69, 9.17) is 4.74 Å². The maximum Gasteiger partial charge on any atom is 0.0602 e. The van der Waals surface area contributed by atoms with Crippen molar-refractivity contribution in [3.8, 4) is 0 Å². The summed E-state index contributed by atoms with van der Waals surface area (Å²) < 4.78 is 6.13. The van der Waals surface area contributed by atoms with Gasteiger partial charge in [-0.05, 0) is 66.2 Å². The number of nitrogens with one attached hydrogen (secondary N) is 1. The summed E-state index contributed by atoms with van der Waals surface area (Å²) in [4.78, 5) is 2.66. The standard InChI is InChI=1S/C17H34N2O/c1-16(2,3)20-15-8-6-14(7-9-15)12-19-11-10-18-17(4,5)13-19/h14-15,18H,6-13H2,1-5H3. The Balaban J connectivity index is 1.72. The molecule has 2 rings (SSSR count). The predicted octanol–water partition coefficient (Wildman–Crippen LogP) is 3.04. The SMILES string of the molecule is CC1(C)CN(CC2CCC(OC(C)(C)C)CC2)CCN1. The molecule has 2 aliphatic rings. The lowest BCUT2D eigenvalue weighted by molar-refractivity contribution is -0.0798. The van der Waals surface area contributed by atoms with Crippen LogP contribution in [0.2, 0.25) is 0 Å². The van der Waals surface area contributed by atoms with Crippen LogP contribution in [0.15, 0.2) is 0 Å². The van der Waals surface area contributed by atoms with Crippen molar-refractivity contribution in [2.45, 2.75) is 77.5 Å². The van der Waals surface area contributed by atoms with Gasteiger partial charge in [0.15, 0.2) is 0 Å². The fraction of sp³-hybridized carbons (Fsp3) is 1.00. The fourth-order valence-corrected chi connectivity index (χ4v) is 3.70. The minimum atomic E-state index is 0.0140. The van der Waals surface area contributed by atoms with E-state index in [-0.39, 0.29) is 11.1 Å². The van der Waals surface area contributed by atoms with E-state index in [2.05, 4.69) is 44.8 Å². The highest BCUT2D eigenvalue weighted by atomic mass is 16.5. The molecule has 1 heterocycles. The number of hydrogen-bond acceptors (Lipinski definition) is 3. The van der Waals surface area contributed by atoms with Gasteiger partial charge in [0.1, 0.15) is 0 Å². The molecule has 0 unspecified atom stereocenters. The summed E-state index contributed by atoms with van der Waals surface area (Å²) >= 11 is 0. The number of ether oxygens (including phenoxy) is 1. The Bertz CT molecular complexity index is 301. The van der Waals surface area contributed by atoms with Crippen LogP contribution in [0.3, 0.4) is 0 Å². The molecule has 3 heteroatoms. The van der Waals surface area contributed by atoms with Crippen molar-refractivity contribution in [3.05, 3.63) is 0 Å². The van der Waals surface area contributed by atoms with E-state index < -0.39 is 0 Å². The quantitative estimate of drug-likeness (QED) is 0.861. The van der Waals surface area contributed by atoms with Crippen molar-refractivity contribution >= 4 is 0 Å². The second-order valence-corrected chi connectivity index (χ2v) is 8.42. The van der Waals surface area contributed by atoms with Gasteiger partial charge >= 0.3 is 0 Å². The lowest BCUT2D eigenvalue weighted by Gasteiger charge is -2.42. The van der Waals surface area contributed by atoms with Gasteiger partial charge in [0.05, 0.1) is 11.7 Å². The third-order valence-corrected chi connectivity index (χ3v) is 4.48. The molecule has 1 saturated heterocycles. The third kappa shape index (κ3) is 5.34. The molecule has 0 aromatic rings. The fourth-order valence-electron chi connectivity index (χ4n) is 3.70. The molecule has 1 saturated carbocycles. The second kappa shape index (κ2) is 6.33. The predicted molar refractivity (Wildman–Crippen MR) is 85.1 cm³/mol. The highest BCUT2D eigenvalue weighted by Crippen LogP contribution is 2.30. The number of piperazine rings is 1. The maximum atomic E-state index is 6.13. The summed E-state index contributed by atoms with van der Waals surface area (Å²) in [6.45, 7) is 15.9. The molecular formula is C17H34N2O. The first-order valence-electron chi connectivity index (χ1n) is 8.39. The van der Waals surface area contributed by atoms with Crippen LogP contribution >= 0.6 is 0 Å². The van der Waals surface area contributed by atoms with Gasteiger partial charge in [-0.15, -0.1) is 0 Å². The van der Waals surface area contributed by atoms with Gasteiger partial charge in [-0.1, -0.05) is 0 Å². The van der Waals surface area contributed by atoms with Crippen LogP contribution in [-0.4, -0.2) is 48.3 Å². The first-order valence-corrected chi connectivity index (χ1v) is 8.39. The van der Waals surface area contributed by atoms with Gasteiger partial charge in [0.25, 0.3) is 0 Å². The van der Waals surface area contributed by atoms with Crippen molar-refractivity contribution in [2.24, 2.45) is 5.92 Å². The van der Waals surface area contributed by atoms with E-state index in [1.807, 2.05) is 0 Å². The van der Waals surface area contributed by atoms with Gasteiger partial charge in [0, 0.05) is 31.7 Å². The molecule has 1 N–H and O–H groups in total. The van der Waals surface area contributed by atoms with Crippen LogP contribution in [0.1, 0.15) is 60.3 Å². The van der Waals surface area contributed by atoms with Gasteiger partial charge in [-0.2, -0.15) is 0 Å². The highest BCUT2D eigenvalue weighted by molar-refractivity contribution is 4.88. The minimum Gasteiger partial charge on any atom is -0.373 e. The van der Waals surface area contributed by atoms with Crippen molar-refractivity contribution in [1.82, 2.24) is 10.2 Å². The Morgan fingerprint density at radius 2 is 1.80 bits per heavy atom. The van der Waals surface area contributed by atoms with Crippen molar-refractivity contribution < 1.29 is 4.74 Å². The van der Waals surface area contributed by atoms with Gasteiger partial charge in [-0.3, -0.25) is 4.90 Å². The molecular weight excluding hydrogens is 248 g/mol. The van der Waals surface area contributed by atoms with Crippen LogP contribution in [0.5, 0.6) is 0 Å². The number of hydrogen-bond donors (Lipinski definition) is 1. The van der Waals surface area contributed by atoms with Gasteiger partial charge in [0.2, 0.25) is 0 Å². The normalized spacial score (nSPS) is 32.2. The zero-order chi connectivity index (χ0) is 14.8. The Morgan fingerprint density at radius 1 is 1.15 bits per heavy atom.